The van der Waals surface area contributed by atoms with E-state index >= 15 is 0 Å². The zero-order chi connectivity index (χ0) is 13.3. The average molecular weight is 248 g/mol. The minimum absolute atomic E-state index is 0.0412. The van der Waals surface area contributed by atoms with Gasteiger partial charge in [-0.2, -0.15) is 0 Å². The Morgan fingerprint density at radius 1 is 1.17 bits per heavy atom. The van der Waals surface area contributed by atoms with Gasteiger partial charge in [-0.3, -0.25) is 0 Å². The van der Waals surface area contributed by atoms with Crippen LogP contribution in [-0.2, 0) is 5.41 Å². The number of hydrogen-bond donors (Lipinski definition) is 1. The second kappa shape index (κ2) is 4.52. The quantitative estimate of drug-likeness (QED) is 0.903. The molecule has 98 valence electrons. The number of rotatable bonds is 4. The average Bonchev–Trinajstić information content (AvgIpc) is 2.80. The lowest BCUT2D eigenvalue weighted by Crippen LogP contribution is -2.17. The molecule has 0 unspecified atom stereocenters. The Hall–Kier alpha value is -1.71. The van der Waals surface area contributed by atoms with Gasteiger partial charge in [-0.25, -0.2) is 4.98 Å². The van der Waals surface area contributed by atoms with E-state index in [0.717, 1.165) is 29.0 Å². The molecule has 0 aliphatic carbocycles. The Balaban J connectivity index is 2.58. The molecule has 0 spiro atoms. The Bertz CT molecular complexity index is 517. The highest BCUT2D eigenvalue weighted by atomic mass is 16.5. The molecule has 0 saturated heterocycles. The van der Waals surface area contributed by atoms with Crippen LogP contribution in [0.2, 0.25) is 0 Å². The monoisotopic (exact) mass is 248 g/mol. The summed E-state index contributed by atoms with van der Waals surface area (Å²) >= 11 is 0. The smallest absolute Gasteiger partial charge is 0.163 e. The summed E-state index contributed by atoms with van der Waals surface area (Å²) in [6.07, 6.45) is 1.03. The number of nitrogens with zero attached hydrogens (tertiary/aromatic N) is 1. The lowest BCUT2D eigenvalue weighted by molar-refractivity contribution is 0.356. The summed E-state index contributed by atoms with van der Waals surface area (Å²) in [5.41, 5.74) is 1.92. The first-order valence-electron chi connectivity index (χ1n) is 6.14. The van der Waals surface area contributed by atoms with Gasteiger partial charge in [0.05, 0.1) is 25.3 Å². The minimum Gasteiger partial charge on any atom is -0.493 e. The maximum Gasteiger partial charge on any atom is 0.163 e. The summed E-state index contributed by atoms with van der Waals surface area (Å²) in [6.45, 7) is 6.52. The number of fused-ring (bicyclic) bond motifs is 1. The second-order valence-corrected chi connectivity index (χ2v) is 5.05. The van der Waals surface area contributed by atoms with Crippen molar-refractivity contribution in [2.24, 2.45) is 0 Å². The Morgan fingerprint density at radius 3 is 2.33 bits per heavy atom. The second-order valence-electron chi connectivity index (χ2n) is 5.05. The van der Waals surface area contributed by atoms with Crippen molar-refractivity contribution in [2.45, 2.75) is 32.6 Å². The predicted octanol–water partition coefficient (Wildman–Crippen LogP) is 3.27. The van der Waals surface area contributed by atoms with Crippen LogP contribution in [0.3, 0.4) is 0 Å². The van der Waals surface area contributed by atoms with Gasteiger partial charge in [0.2, 0.25) is 0 Å². The van der Waals surface area contributed by atoms with Gasteiger partial charge in [-0.1, -0.05) is 20.8 Å². The first kappa shape index (κ1) is 12.7. The number of methoxy groups -OCH3 is 2. The molecule has 18 heavy (non-hydrogen) atoms. The summed E-state index contributed by atoms with van der Waals surface area (Å²) in [5.74, 6) is 2.42. The van der Waals surface area contributed by atoms with Crippen molar-refractivity contribution in [3.63, 3.8) is 0 Å². The van der Waals surface area contributed by atoms with E-state index in [4.69, 9.17) is 9.47 Å². The molecule has 0 atom stereocenters. The largest absolute Gasteiger partial charge is 0.493 e. The molecule has 0 aliphatic rings. The fourth-order valence-electron chi connectivity index (χ4n) is 1.82. The van der Waals surface area contributed by atoms with Crippen LogP contribution >= 0.6 is 0 Å². The molecule has 2 rings (SSSR count). The zero-order valence-electron chi connectivity index (χ0n) is 11.6. The van der Waals surface area contributed by atoms with Crippen LogP contribution in [0.1, 0.15) is 33.0 Å². The van der Waals surface area contributed by atoms with Crippen molar-refractivity contribution in [3.8, 4) is 11.5 Å². The number of benzene rings is 1. The van der Waals surface area contributed by atoms with Crippen molar-refractivity contribution in [1.29, 1.82) is 0 Å². The molecular formula is C14H20N2O2. The van der Waals surface area contributed by atoms with Gasteiger partial charge in [-0.15, -0.1) is 0 Å². The van der Waals surface area contributed by atoms with E-state index < -0.39 is 0 Å². The number of imidazole rings is 1. The predicted molar refractivity (Wildman–Crippen MR) is 72.5 cm³/mol. The molecule has 0 fully saturated rings. The molecule has 1 N–H and O–H groups in total. The summed E-state index contributed by atoms with van der Waals surface area (Å²) in [7, 11) is 3.27. The molecule has 0 bridgehead atoms. The van der Waals surface area contributed by atoms with Crippen molar-refractivity contribution in [3.05, 3.63) is 18.0 Å². The van der Waals surface area contributed by atoms with Crippen LogP contribution in [0.25, 0.3) is 11.0 Å². The highest BCUT2D eigenvalue weighted by Gasteiger charge is 2.22. The van der Waals surface area contributed by atoms with Crippen molar-refractivity contribution in [2.75, 3.05) is 14.2 Å². The molecular weight excluding hydrogens is 228 g/mol. The standard InChI is InChI=1S/C14H20N2O2/c1-6-14(2,3)13-15-9-7-11(17-4)12(18-5)8-10(9)16-13/h7-8H,6H2,1-5H3,(H,15,16). The van der Waals surface area contributed by atoms with Crippen molar-refractivity contribution < 1.29 is 9.47 Å². The third-order valence-electron chi connectivity index (χ3n) is 3.51. The third-order valence-corrected chi connectivity index (χ3v) is 3.51. The number of nitrogens with one attached hydrogen (secondary N) is 1. The van der Waals surface area contributed by atoms with Crippen LogP contribution in [-0.4, -0.2) is 24.2 Å². The van der Waals surface area contributed by atoms with E-state index in [0.29, 0.717) is 5.75 Å². The van der Waals surface area contributed by atoms with E-state index in [1.165, 1.54) is 0 Å². The molecule has 4 nitrogen and oxygen atoms in total. The maximum atomic E-state index is 5.29. The summed E-state index contributed by atoms with van der Waals surface area (Å²) < 4.78 is 10.6. The van der Waals surface area contributed by atoms with Gasteiger partial charge in [0.15, 0.2) is 11.5 Å². The topological polar surface area (TPSA) is 47.1 Å². The highest BCUT2D eigenvalue weighted by Crippen LogP contribution is 2.33. The van der Waals surface area contributed by atoms with Gasteiger partial charge in [0.25, 0.3) is 0 Å². The van der Waals surface area contributed by atoms with E-state index in [-0.39, 0.29) is 5.41 Å². The van der Waals surface area contributed by atoms with Gasteiger partial charge in [-0.05, 0) is 6.42 Å². The van der Waals surface area contributed by atoms with Gasteiger partial charge in [0, 0.05) is 17.5 Å². The molecule has 0 radical (unpaired) electrons. The zero-order valence-corrected chi connectivity index (χ0v) is 11.6. The Morgan fingerprint density at radius 2 is 1.78 bits per heavy atom. The van der Waals surface area contributed by atoms with Gasteiger partial charge >= 0.3 is 0 Å². The van der Waals surface area contributed by atoms with E-state index in [9.17, 15) is 0 Å². The molecule has 0 aliphatic heterocycles. The minimum atomic E-state index is 0.0412. The fourth-order valence-corrected chi connectivity index (χ4v) is 1.82. The molecule has 0 saturated carbocycles. The van der Waals surface area contributed by atoms with Crippen LogP contribution in [0.15, 0.2) is 12.1 Å². The number of H-pyrrole nitrogens is 1. The molecule has 1 aromatic carbocycles. The summed E-state index contributed by atoms with van der Waals surface area (Å²) in [4.78, 5) is 8.01. The van der Waals surface area contributed by atoms with Crippen molar-refractivity contribution in [1.82, 2.24) is 9.97 Å². The molecule has 0 amide bonds. The first-order chi connectivity index (χ1) is 8.51. The van der Waals surface area contributed by atoms with Crippen LogP contribution in [0.5, 0.6) is 11.5 Å². The number of hydrogen-bond acceptors (Lipinski definition) is 3. The number of aromatic amines is 1. The maximum absolute atomic E-state index is 5.29. The summed E-state index contributed by atoms with van der Waals surface area (Å²) in [5, 5.41) is 0. The molecule has 4 heteroatoms. The Labute approximate surface area is 107 Å². The van der Waals surface area contributed by atoms with E-state index in [1.54, 1.807) is 14.2 Å². The highest BCUT2D eigenvalue weighted by molar-refractivity contribution is 5.80. The first-order valence-corrected chi connectivity index (χ1v) is 6.14. The molecule has 1 aromatic heterocycles. The SMILES string of the molecule is CCC(C)(C)c1nc2cc(OC)c(OC)cc2[nH]1. The van der Waals surface area contributed by atoms with Gasteiger partial charge < -0.3 is 14.5 Å². The lowest BCUT2D eigenvalue weighted by Gasteiger charge is -2.18. The van der Waals surface area contributed by atoms with Crippen molar-refractivity contribution >= 4 is 11.0 Å². The normalized spacial score (nSPS) is 11.8. The third kappa shape index (κ3) is 2.03. The number of aromatic nitrogens is 2. The van der Waals surface area contributed by atoms with Crippen LogP contribution in [0, 0.1) is 0 Å². The van der Waals surface area contributed by atoms with E-state index in [1.807, 2.05) is 12.1 Å². The molecule has 2 aromatic rings. The van der Waals surface area contributed by atoms with Crippen LogP contribution in [0.4, 0.5) is 0 Å². The summed E-state index contributed by atoms with van der Waals surface area (Å²) in [6, 6.07) is 3.83. The number of ether oxygens (including phenoxy) is 2. The Kier molecular flexibility index (Phi) is 3.20. The van der Waals surface area contributed by atoms with Gasteiger partial charge in [0.1, 0.15) is 5.82 Å². The molecule has 1 heterocycles. The fraction of sp³-hybridized carbons (Fsp3) is 0.500. The van der Waals surface area contributed by atoms with E-state index in [2.05, 4.69) is 30.7 Å². The lowest BCUT2D eigenvalue weighted by atomic mass is 9.90. The van der Waals surface area contributed by atoms with Crippen LogP contribution < -0.4 is 9.47 Å².